The maximum atomic E-state index is 12.6. The number of hydrogen-bond acceptors (Lipinski definition) is 4. The van der Waals surface area contributed by atoms with E-state index < -0.39 is 10.0 Å². The van der Waals surface area contributed by atoms with Gasteiger partial charge in [-0.15, -0.1) is 0 Å². The van der Waals surface area contributed by atoms with Crippen LogP contribution in [0.4, 0.5) is 5.69 Å². The number of anilines is 1. The van der Waals surface area contributed by atoms with Gasteiger partial charge in [0.2, 0.25) is 15.9 Å². The van der Waals surface area contributed by atoms with Gasteiger partial charge in [0.25, 0.3) is 0 Å². The quantitative estimate of drug-likeness (QED) is 0.866. The molecule has 1 atom stereocenters. The topological polar surface area (TPSA) is 75.7 Å². The number of ether oxygens (including phenoxy) is 1. The maximum Gasteiger partial charge on any atom is 0.243 e. The zero-order chi connectivity index (χ0) is 14.3. The molecule has 0 bridgehead atoms. The molecule has 108 valence electrons. The molecule has 2 heterocycles. The lowest BCUT2D eigenvalue weighted by Gasteiger charge is -2.30. The van der Waals surface area contributed by atoms with Gasteiger partial charge >= 0.3 is 0 Å². The Labute approximate surface area is 117 Å². The van der Waals surface area contributed by atoms with Crippen LogP contribution in [0.15, 0.2) is 23.1 Å². The van der Waals surface area contributed by atoms with Gasteiger partial charge < -0.3 is 10.1 Å². The molecule has 0 aliphatic carbocycles. The monoisotopic (exact) mass is 296 g/mol. The van der Waals surface area contributed by atoms with E-state index in [2.05, 4.69) is 5.32 Å². The Balaban J connectivity index is 1.92. The minimum atomic E-state index is -3.52. The normalized spacial score (nSPS) is 23.4. The van der Waals surface area contributed by atoms with Crippen LogP contribution in [0.25, 0.3) is 0 Å². The molecule has 0 unspecified atom stereocenters. The second kappa shape index (κ2) is 4.83. The fraction of sp³-hybridized carbons (Fsp3) is 0.462. The Morgan fingerprint density at radius 3 is 2.95 bits per heavy atom. The van der Waals surface area contributed by atoms with Crippen LogP contribution in [-0.2, 0) is 26.0 Å². The van der Waals surface area contributed by atoms with Crippen molar-refractivity contribution in [2.24, 2.45) is 0 Å². The number of amides is 1. The summed E-state index contributed by atoms with van der Waals surface area (Å²) in [5, 5.41) is 2.70. The first-order chi connectivity index (χ1) is 9.46. The predicted octanol–water partition coefficient (Wildman–Crippen LogP) is 0.591. The molecule has 1 fully saturated rings. The molecule has 1 aromatic carbocycles. The van der Waals surface area contributed by atoms with Crippen LogP contribution in [0, 0.1) is 0 Å². The third kappa shape index (κ3) is 2.32. The van der Waals surface area contributed by atoms with Crippen molar-refractivity contribution in [1.82, 2.24) is 4.31 Å². The molecule has 2 aliphatic rings. The molecular weight excluding hydrogens is 280 g/mol. The summed E-state index contributed by atoms with van der Waals surface area (Å²) in [5.74, 6) is -0.102. The van der Waals surface area contributed by atoms with Crippen LogP contribution in [0.5, 0.6) is 0 Å². The van der Waals surface area contributed by atoms with E-state index in [1.165, 1.54) is 4.31 Å². The molecular formula is C13H16N2O4S. The van der Waals surface area contributed by atoms with Crippen LogP contribution >= 0.6 is 0 Å². The molecule has 2 aliphatic heterocycles. The number of benzene rings is 1. The maximum absolute atomic E-state index is 12.6. The van der Waals surface area contributed by atoms with Gasteiger partial charge in [0, 0.05) is 18.8 Å². The standard InChI is InChI=1S/C13H16N2O4S/c1-9-8-15(4-5-19-9)20(17,18)11-2-3-12-10(6-11)7-13(16)14-12/h2-3,6,9H,4-5,7-8H2,1H3,(H,14,16)/t9-/m0/s1. The van der Waals surface area contributed by atoms with Gasteiger partial charge in [0.1, 0.15) is 0 Å². The van der Waals surface area contributed by atoms with Crippen molar-refractivity contribution in [2.45, 2.75) is 24.3 Å². The average molecular weight is 296 g/mol. The van der Waals surface area contributed by atoms with E-state index in [1.54, 1.807) is 18.2 Å². The van der Waals surface area contributed by atoms with E-state index in [4.69, 9.17) is 4.74 Å². The first kappa shape index (κ1) is 13.5. The number of morpholine rings is 1. The number of nitrogens with one attached hydrogen (secondary N) is 1. The SMILES string of the molecule is C[C@H]1CN(S(=O)(=O)c2ccc3c(c2)CC(=O)N3)CCO1. The van der Waals surface area contributed by atoms with Gasteiger partial charge in [0.05, 0.1) is 24.0 Å². The molecule has 1 amide bonds. The third-order valence-corrected chi connectivity index (χ3v) is 5.40. The number of hydrogen-bond donors (Lipinski definition) is 1. The lowest BCUT2D eigenvalue weighted by Crippen LogP contribution is -2.44. The van der Waals surface area contributed by atoms with Gasteiger partial charge in [0.15, 0.2) is 0 Å². The molecule has 1 aromatic rings. The highest BCUT2D eigenvalue weighted by molar-refractivity contribution is 7.89. The fourth-order valence-corrected chi connectivity index (χ4v) is 4.07. The van der Waals surface area contributed by atoms with Gasteiger partial charge in [-0.25, -0.2) is 8.42 Å². The summed E-state index contributed by atoms with van der Waals surface area (Å²) in [7, 11) is -3.52. The molecule has 3 rings (SSSR count). The highest BCUT2D eigenvalue weighted by Crippen LogP contribution is 2.27. The van der Waals surface area contributed by atoms with Crippen LogP contribution in [0.3, 0.4) is 0 Å². The lowest BCUT2D eigenvalue weighted by molar-refractivity contribution is -0.115. The minimum absolute atomic E-state index is 0.101. The van der Waals surface area contributed by atoms with Crippen molar-refractivity contribution >= 4 is 21.6 Å². The summed E-state index contributed by atoms with van der Waals surface area (Å²) in [6.07, 6.45) is 0.134. The van der Waals surface area contributed by atoms with Crippen molar-refractivity contribution < 1.29 is 17.9 Å². The van der Waals surface area contributed by atoms with Gasteiger partial charge in [-0.1, -0.05) is 0 Å². The van der Waals surface area contributed by atoms with Crippen LogP contribution in [-0.4, -0.2) is 44.4 Å². The third-order valence-electron chi connectivity index (χ3n) is 3.54. The summed E-state index contributed by atoms with van der Waals surface area (Å²) in [6, 6.07) is 4.78. The first-order valence-corrected chi connectivity index (χ1v) is 7.95. The molecule has 6 nitrogen and oxygen atoms in total. The summed E-state index contributed by atoms with van der Waals surface area (Å²) >= 11 is 0. The molecule has 0 spiro atoms. The summed E-state index contributed by atoms with van der Waals surface area (Å²) in [4.78, 5) is 11.6. The smallest absolute Gasteiger partial charge is 0.243 e. The molecule has 0 aromatic heterocycles. The zero-order valence-corrected chi connectivity index (χ0v) is 11.9. The summed E-state index contributed by atoms with van der Waals surface area (Å²) in [5.41, 5.74) is 1.43. The van der Waals surface area contributed by atoms with E-state index in [-0.39, 0.29) is 23.3 Å². The largest absolute Gasteiger partial charge is 0.376 e. The second-order valence-electron chi connectivity index (χ2n) is 5.09. The van der Waals surface area contributed by atoms with E-state index in [9.17, 15) is 13.2 Å². The highest BCUT2D eigenvalue weighted by Gasteiger charge is 2.30. The average Bonchev–Trinajstić information content (AvgIpc) is 2.77. The Bertz CT molecular complexity index is 656. The van der Waals surface area contributed by atoms with Crippen LogP contribution in [0.1, 0.15) is 12.5 Å². The van der Waals surface area contributed by atoms with Gasteiger partial charge in [-0.2, -0.15) is 4.31 Å². The number of nitrogens with zero attached hydrogens (tertiary/aromatic N) is 1. The van der Waals surface area contributed by atoms with Gasteiger partial charge in [-0.05, 0) is 30.7 Å². The molecule has 1 saturated heterocycles. The van der Waals surface area contributed by atoms with Crippen molar-refractivity contribution in [3.05, 3.63) is 23.8 Å². The Kier molecular flexibility index (Phi) is 3.27. The number of rotatable bonds is 2. The molecule has 20 heavy (non-hydrogen) atoms. The van der Waals surface area contributed by atoms with Crippen molar-refractivity contribution in [3.8, 4) is 0 Å². The fourth-order valence-electron chi connectivity index (χ4n) is 2.52. The predicted molar refractivity (Wildman–Crippen MR) is 72.9 cm³/mol. The highest BCUT2D eigenvalue weighted by atomic mass is 32.2. The number of sulfonamides is 1. The van der Waals surface area contributed by atoms with E-state index in [0.29, 0.717) is 25.4 Å². The molecule has 0 radical (unpaired) electrons. The first-order valence-electron chi connectivity index (χ1n) is 6.51. The molecule has 1 N–H and O–H groups in total. The zero-order valence-electron chi connectivity index (χ0n) is 11.1. The lowest BCUT2D eigenvalue weighted by atomic mass is 10.2. The number of carbonyl (C=O) groups excluding carboxylic acids is 1. The van der Waals surface area contributed by atoms with E-state index in [0.717, 1.165) is 5.56 Å². The molecule has 7 heteroatoms. The molecule has 0 saturated carbocycles. The minimum Gasteiger partial charge on any atom is -0.376 e. The Morgan fingerprint density at radius 2 is 2.20 bits per heavy atom. The van der Waals surface area contributed by atoms with Gasteiger partial charge in [-0.3, -0.25) is 4.79 Å². The van der Waals surface area contributed by atoms with E-state index >= 15 is 0 Å². The van der Waals surface area contributed by atoms with Crippen molar-refractivity contribution in [2.75, 3.05) is 25.0 Å². The van der Waals surface area contributed by atoms with Crippen molar-refractivity contribution in [3.63, 3.8) is 0 Å². The Hall–Kier alpha value is -1.44. The van der Waals surface area contributed by atoms with Crippen LogP contribution < -0.4 is 5.32 Å². The number of fused-ring (bicyclic) bond motifs is 1. The Morgan fingerprint density at radius 1 is 1.40 bits per heavy atom. The van der Waals surface area contributed by atoms with E-state index in [1.807, 2.05) is 6.92 Å². The van der Waals surface area contributed by atoms with Crippen molar-refractivity contribution in [1.29, 1.82) is 0 Å². The second-order valence-corrected chi connectivity index (χ2v) is 7.03. The summed E-state index contributed by atoms with van der Waals surface area (Å²) in [6.45, 7) is 2.98. The summed E-state index contributed by atoms with van der Waals surface area (Å²) < 4.78 is 32.0. The number of carbonyl (C=O) groups is 1. The van der Waals surface area contributed by atoms with Crippen LogP contribution in [0.2, 0.25) is 0 Å².